The predicted octanol–water partition coefficient (Wildman–Crippen LogP) is -0.319. The van der Waals surface area contributed by atoms with E-state index >= 15 is 0 Å². The van der Waals surface area contributed by atoms with E-state index in [4.69, 9.17) is 10.0 Å². The number of phenols is 1. The van der Waals surface area contributed by atoms with Crippen LogP contribution in [0.4, 0.5) is 5.69 Å². The van der Waals surface area contributed by atoms with Gasteiger partial charge in [0, 0.05) is 0 Å². The number of aromatic hydroxyl groups is 1. The van der Waals surface area contributed by atoms with Crippen LogP contribution in [-0.4, -0.2) is 29.1 Å². The number of methoxy groups -OCH3 is 1. The van der Waals surface area contributed by atoms with E-state index in [0.717, 1.165) is 0 Å². The molecule has 0 radical (unpaired) electrons. The van der Waals surface area contributed by atoms with Crippen LogP contribution >= 0.6 is 0 Å². The summed E-state index contributed by atoms with van der Waals surface area (Å²) in [6, 6.07) is 1.32. The number of ether oxygens (including phenoxy) is 1. The Kier molecular flexibility index (Phi) is 7.46. The van der Waals surface area contributed by atoms with Crippen LogP contribution in [0.25, 0.3) is 0 Å². The van der Waals surface area contributed by atoms with Crippen molar-refractivity contribution in [3.8, 4) is 11.5 Å². The number of carbonyl (C=O) groups excluding carboxylic acids is 2. The number of hydrogen-bond donors (Lipinski definition) is 1. The first-order valence-electron chi connectivity index (χ1n) is 6.10. The summed E-state index contributed by atoms with van der Waals surface area (Å²) in [6.45, 7) is 2.42. The fourth-order valence-electron chi connectivity index (χ4n) is 1.73. The van der Waals surface area contributed by atoms with Crippen molar-refractivity contribution in [1.82, 2.24) is 0 Å². The van der Waals surface area contributed by atoms with Crippen LogP contribution in [0, 0.1) is 10.1 Å². The van der Waals surface area contributed by atoms with Crippen molar-refractivity contribution < 1.29 is 79.7 Å². The molecule has 11 heteroatoms. The van der Waals surface area contributed by atoms with E-state index < -0.39 is 66.9 Å². The molecule has 1 rings (SSSR count). The zero-order valence-corrected chi connectivity index (χ0v) is 23.2. The number of hydrogen-bond acceptors (Lipinski definition) is 8. The number of nitro benzene ring substituents is 1. The molecule has 1 aromatic carbocycles. The summed E-state index contributed by atoms with van der Waals surface area (Å²) in [5, 5.41) is 21.4. The van der Waals surface area contributed by atoms with Crippen molar-refractivity contribution in [2.24, 2.45) is 0 Å². The quantitative estimate of drug-likeness (QED) is 0.246. The Bertz CT molecular complexity index is 619. The Morgan fingerprint density at radius 3 is 2.23 bits per heavy atom. The molecular weight excluding hydrogens is 675 g/mol. The van der Waals surface area contributed by atoms with Gasteiger partial charge in [0.1, 0.15) is 0 Å². The maximum absolute atomic E-state index is 11.3. The van der Waals surface area contributed by atoms with Gasteiger partial charge in [-0.25, -0.2) is 0 Å². The van der Waals surface area contributed by atoms with E-state index in [2.05, 4.69) is 0 Å². The standard InChI is InChI=1S/C7H5NO4.2C2H4O2.2Hg/c1-12-7-3-2-5(8(10)11)4-6(7)9;2*1-2(3)4;;/h3,9H,1H3;2*1H3,(H,3,4);;/q;;;2*+1/p-2. The van der Waals surface area contributed by atoms with Crippen LogP contribution in [0.5, 0.6) is 11.5 Å². The van der Waals surface area contributed by atoms with Gasteiger partial charge < -0.3 is 0 Å². The molecule has 0 saturated heterocycles. The van der Waals surface area contributed by atoms with Gasteiger partial charge in [-0.2, -0.15) is 0 Å². The summed E-state index contributed by atoms with van der Waals surface area (Å²) in [5.41, 5.74) is -0.302. The van der Waals surface area contributed by atoms with E-state index in [9.17, 15) is 24.8 Å². The molecule has 0 atom stereocenters. The minimum absolute atomic E-state index is 0.0432. The fourth-order valence-corrected chi connectivity index (χ4v) is 14.3. The van der Waals surface area contributed by atoms with Gasteiger partial charge >= 0.3 is 152 Å². The van der Waals surface area contributed by atoms with Gasteiger partial charge in [0.2, 0.25) is 0 Å². The molecule has 0 fully saturated rings. The van der Waals surface area contributed by atoms with E-state index in [1.807, 2.05) is 0 Å². The second-order valence-corrected chi connectivity index (χ2v) is 14.4. The first-order valence-corrected chi connectivity index (χ1v) is 16.1. The average Bonchev–Trinajstić information content (AvgIpc) is 2.43. The van der Waals surface area contributed by atoms with Crippen LogP contribution < -0.4 is 10.9 Å². The number of nitro groups is 1. The summed E-state index contributed by atoms with van der Waals surface area (Å²) in [6.07, 6.45) is 0. The number of benzene rings is 1. The Morgan fingerprint density at radius 2 is 1.77 bits per heavy atom. The van der Waals surface area contributed by atoms with Crippen LogP contribution in [0.3, 0.4) is 0 Å². The average molecular weight is 686 g/mol. The van der Waals surface area contributed by atoms with Crippen molar-refractivity contribution in [2.45, 2.75) is 13.8 Å². The van der Waals surface area contributed by atoms with Crippen LogP contribution in [0.1, 0.15) is 13.8 Å². The van der Waals surface area contributed by atoms with Gasteiger partial charge in [0.05, 0.1) is 0 Å². The molecule has 22 heavy (non-hydrogen) atoms. The van der Waals surface area contributed by atoms with E-state index in [0.29, 0.717) is 0 Å². The normalized spacial score (nSPS) is 9.23. The molecule has 0 amide bonds. The van der Waals surface area contributed by atoms with Crippen LogP contribution in [0.2, 0.25) is 0 Å². The Balaban J connectivity index is 3.41. The topological polar surface area (TPSA) is 125 Å². The van der Waals surface area contributed by atoms with Gasteiger partial charge in [-0.1, -0.05) is 0 Å². The first-order chi connectivity index (χ1) is 10.3. The molecule has 0 aliphatic carbocycles. The van der Waals surface area contributed by atoms with Crippen molar-refractivity contribution in [1.29, 1.82) is 0 Å². The summed E-state index contributed by atoms with van der Waals surface area (Å²) in [4.78, 5) is 32.6. The monoisotopic (exact) mass is 689 g/mol. The van der Waals surface area contributed by atoms with E-state index in [-0.39, 0.29) is 23.3 Å². The van der Waals surface area contributed by atoms with Crippen LogP contribution in [-0.2, 0) is 64.9 Å². The molecule has 0 aliphatic heterocycles. The Labute approximate surface area is 151 Å². The van der Waals surface area contributed by atoms with Crippen molar-refractivity contribution in [3.05, 3.63) is 16.2 Å². The van der Waals surface area contributed by atoms with E-state index in [1.165, 1.54) is 27.0 Å². The molecule has 0 saturated carbocycles. The number of rotatable bonds is 6. The maximum atomic E-state index is 11.3. The third-order valence-electron chi connectivity index (χ3n) is 2.67. The number of nitrogens with zero attached hydrogens (tertiary/aromatic N) is 1. The zero-order valence-electron chi connectivity index (χ0n) is 12.2. The van der Waals surface area contributed by atoms with Gasteiger partial charge in [0.25, 0.3) is 0 Å². The molecule has 0 bridgehead atoms. The summed E-state index contributed by atoms with van der Waals surface area (Å²) >= 11 is -5.26. The summed E-state index contributed by atoms with van der Waals surface area (Å²) in [7, 11) is 1.31. The second-order valence-electron chi connectivity index (χ2n) is 4.23. The second kappa shape index (κ2) is 8.61. The van der Waals surface area contributed by atoms with Gasteiger partial charge in [-0.15, -0.1) is 0 Å². The molecule has 1 N–H and O–H groups in total. The van der Waals surface area contributed by atoms with Crippen molar-refractivity contribution in [2.75, 3.05) is 7.11 Å². The van der Waals surface area contributed by atoms with Gasteiger partial charge in [0.15, 0.2) is 0 Å². The summed E-state index contributed by atoms with van der Waals surface area (Å²) < 4.78 is 15.3. The number of phenolic OH excluding ortho intramolecular Hbond substituents is 1. The molecule has 9 nitrogen and oxygen atoms in total. The molecule has 0 heterocycles. The fraction of sp³-hybridized carbons (Fsp3) is 0.273. The van der Waals surface area contributed by atoms with E-state index in [1.54, 1.807) is 0 Å². The predicted molar refractivity (Wildman–Crippen MR) is 64.1 cm³/mol. The third kappa shape index (κ3) is 5.04. The van der Waals surface area contributed by atoms with Gasteiger partial charge in [-0.3, -0.25) is 0 Å². The van der Waals surface area contributed by atoms with Gasteiger partial charge in [-0.05, 0) is 0 Å². The minimum atomic E-state index is -2.71. The molecule has 112 valence electrons. The van der Waals surface area contributed by atoms with Crippen molar-refractivity contribution >= 4 is 23.8 Å². The molecule has 0 unspecified atom stereocenters. The molecular formula is C11H11Hg2NO8. The SMILES string of the molecule is COc1c[c]([Hg][O]C(C)=O)c([N+](=O)[O-])[c]([Hg][O]C(C)=O)c1O. The zero-order chi connectivity index (χ0) is 16.9. The molecule has 0 aromatic heterocycles. The third-order valence-corrected chi connectivity index (χ3v) is 14.0. The number of carbonyl (C=O) groups is 2. The van der Waals surface area contributed by atoms with Crippen molar-refractivity contribution in [3.63, 3.8) is 0 Å². The summed E-state index contributed by atoms with van der Waals surface area (Å²) in [5.74, 6) is -1.38. The Hall–Kier alpha value is -0.970. The Morgan fingerprint density at radius 1 is 1.23 bits per heavy atom. The molecule has 1 aromatic rings. The van der Waals surface area contributed by atoms with Crippen LogP contribution in [0.15, 0.2) is 6.07 Å². The first kappa shape index (κ1) is 19.1. The molecule has 0 aliphatic rings. The molecule has 0 spiro atoms.